The van der Waals surface area contributed by atoms with Crippen LogP contribution < -0.4 is 0 Å². The van der Waals surface area contributed by atoms with Gasteiger partial charge in [0, 0.05) is 0 Å². The molecule has 1 N–H and O–H groups in total. The number of amides is 2. The fraction of sp³-hybridized carbons (Fsp3) is 0.333. The Labute approximate surface area is 98.6 Å². The summed E-state index contributed by atoms with van der Waals surface area (Å²) in [6.07, 6.45) is -0.136. The molecule has 1 aliphatic rings. The molecule has 5 nitrogen and oxygen atoms in total. The predicted octanol–water partition coefficient (Wildman–Crippen LogP) is 0.569. The highest BCUT2D eigenvalue weighted by Crippen LogP contribution is 2.17. The molecule has 0 spiro atoms. The van der Waals surface area contributed by atoms with Gasteiger partial charge in [-0.2, -0.15) is 0 Å². The lowest BCUT2D eigenvalue weighted by atomic mass is 10.1. The van der Waals surface area contributed by atoms with Crippen LogP contribution in [0.4, 0.5) is 4.79 Å². The van der Waals surface area contributed by atoms with E-state index in [1.54, 1.807) is 0 Å². The van der Waals surface area contributed by atoms with Crippen LogP contribution in [0.5, 0.6) is 0 Å². The Kier molecular flexibility index (Phi) is 3.39. The molecule has 1 aliphatic heterocycles. The lowest BCUT2D eigenvalue weighted by Crippen LogP contribution is -2.41. The van der Waals surface area contributed by atoms with Crippen LogP contribution in [0.15, 0.2) is 30.3 Å². The van der Waals surface area contributed by atoms with E-state index in [1.165, 1.54) is 0 Å². The first-order valence-corrected chi connectivity index (χ1v) is 5.36. The largest absolute Gasteiger partial charge is 0.447 e. The van der Waals surface area contributed by atoms with Crippen molar-refractivity contribution in [3.8, 4) is 0 Å². The summed E-state index contributed by atoms with van der Waals surface area (Å²) in [6.45, 7) is -0.500. The number of carbonyl (C=O) groups excluding carboxylic acids is 2. The number of cyclic esters (lactones) is 1. The van der Waals surface area contributed by atoms with Gasteiger partial charge in [0.25, 0.3) is 5.91 Å². The van der Waals surface area contributed by atoms with Crippen molar-refractivity contribution in [1.82, 2.24) is 4.90 Å². The molecule has 0 bridgehead atoms. The average molecular weight is 235 g/mol. The molecular formula is C12H13NO4. The normalized spacial score (nSPS) is 19.2. The van der Waals surface area contributed by atoms with Gasteiger partial charge in [-0.25, -0.2) is 9.69 Å². The number of imide groups is 1. The van der Waals surface area contributed by atoms with E-state index in [1.807, 2.05) is 30.3 Å². The zero-order chi connectivity index (χ0) is 12.3. The van der Waals surface area contributed by atoms with E-state index in [0.29, 0.717) is 6.42 Å². The number of hydrogen-bond donors (Lipinski definition) is 1. The van der Waals surface area contributed by atoms with Crippen LogP contribution in [0, 0.1) is 0 Å². The lowest BCUT2D eigenvalue weighted by molar-refractivity contribution is -0.132. The lowest BCUT2D eigenvalue weighted by Gasteiger charge is -2.18. The molecule has 1 heterocycles. The van der Waals surface area contributed by atoms with E-state index in [0.717, 1.165) is 10.5 Å². The van der Waals surface area contributed by atoms with E-state index < -0.39 is 18.6 Å². The number of rotatable bonds is 3. The van der Waals surface area contributed by atoms with Crippen molar-refractivity contribution in [2.75, 3.05) is 13.2 Å². The van der Waals surface area contributed by atoms with Crippen molar-refractivity contribution in [3.63, 3.8) is 0 Å². The Morgan fingerprint density at radius 1 is 1.41 bits per heavy atom. The van der Waals surface area contributed by atoms with Crippen LogP contribution in [0.3, 0.4) is 0 Å². The topological polar surface area (TPSA) is 66.8 Å². The van der Waals surface area contributed by atoms with Crippen molar-refractivity contribution in [1.29, 1.82) is 0 Å². The summed E-state index contributed by atoms with van der Waals surface area (Å²) in [4.78, 5) is 23.7. The molecule has 2 amide bonds. The second-order valence-electron chi connectivity index (χ2n) is 3.84. The summed E-state index contributed by atoms with van der Waals surface area (Å²) >= 11 is 0. The summed E-state index contributed by atoms with van der Waals surface area (Å²) in [5.74, 6) is -0.617. The van der Waals surface area contributed by atoms with Gasteiger partial charge in [-0.15, -0.1) is 0 Å². The number of aliphatic hydroxyl groups is 1. The Bertz CT molecular complexity index is 418. The van der Waals surface area contributed by atoms with Gasteiger partial charge >= 0.3 is 6.09 Å². The van der Waals surface area contributed by atoms with Crippen molar-refractivity contribution in [3.05, 3.63) is 35.9 Å². The fourth-order valence-corrected chi connectivity index (χ4v) is 1.88. The summed E-state index contributed by atoms with van der Waals surface area (Å²) in [5, 5.41) is 8.80. The highest BCUT2D eigenvalue weighted by atomic mass is 16.6. The van der Waals surface area contributed by atoms with Gasteiger partial charge in [-0.3, -0.25) is 4.79 Å². The Hall–Kier alpha value is -1.88. The molecule has 1 atom stereocenters. The van der Waals surface area contributed by atoms with Crippen LogP contribution in [0.25, 0.3) is 0 Å². The molecule has 0 aromatic heterocycles. The third-order valence-corrected chi connectivity index (χ3v) is 2.68. The van der Waals surface area contributed by atoms with Crippen molar-refractivity contribution >= 4 is 12.0 Å². The second-order valence-corrected chi connectivity index (χ2v) is 3.84. The van der Waals surface area contributed by atoms with E-state index >= 15 is 0 Å². The average Bonchev–Trinajstić information content (AvgIpc) is 2.71. The summed E-state index contributed by atoms with van der Waals surface area (Å²) in [5.41, 5.74) is 1.02. The molecule has 0 radical (unpaired) electrons. The Morgan fingerprint density at radius 3 is 2.76 bits per heavy atom. The van der Waals surface area contributed by atoms with Gasteiger partial charge in [-0.05, 0) is 12.0 Å². The maximum Gasteiger partial charge on any atom is 0.417 e. The van der Waals surface area contributed by atoms with E-state index in [4.69, 9.17) is 9.84 Å². The van der Waals surface area contributed by atoms with Gasteiger partial charge in [-0.1, -0.05) is 30.3 Å². The molecule has 0 aliphatic carbocycles. The molecule has 2 rings (SSSR count). The predicted molar refractivity (Wildman–Crippen MR) is 59.2 cm³/mol. The minimum atomic E-state index is -0.680. The third-order valence-electron chi connectivity index (χ3n) is 2.68. The molecule has 90 valence electrons. The fourth-order valence-electron chi connectivity index (χ4n) is 1.88. The van der Waals surface area contributed by atoms with Crippen LogP contribution in [0.2, 0.25) is 0 Å². The first kappa shape index (κ1) is 11.6. The monoisotopic (exact) mass is 235 g/mol. The maximum atomic E-state index is 11.4. The molecule has 1 aromatic rings. The number of benzene rings is 1. The Morgan fingerprint density at radius 2 is 2.12 bits per heavy atom. The summed E-state index contributed by atoms with van der Waals surface area (Å²) < 4.78 is 4.83. The molecule has 1 aromatic carbocycles. The minimum absolute atomic E-state index is 0.180. The van der Waals surface area contributed by atoms with Crippen LogP contribution >= 0.6 is 0 Å². The van der Waals surface area contributed by atoms with Crippen LogP contribution in [-0.4, -0.2) is 41.3 Å². The number of nitrogens with zero attached hydrogens (tertiary/aromatic N) is 1. The van der Waals surface area contributed by atoms with Gasteiger partial charge in [0.05, 0.1) is 6.04 Å². The van der Waals surface area contributed by atoms with Crippen LogP contribution in [0.1, 0.15) is 5.56 Å². The number of carbonyl (C=O) groups is 2. The first-order valence-electron chi connectivity index (χ1n) is 5.36. The molecule has 1 fully saturated rings. The summed E-state index contributed by atoms with van der Waals surface area (Å²) in [6, 6.07) is 9.20. The van der Waals surface area contributed by atoms with E-state index in [-0.39, 0.29) is 12.6 Å². The molecule has 5 heteroatoms. The maximum absolute atomic E-state index is 11.4. The van der Waals surface area contributed by atoms with Gasteiger partial charge in [0.2, 0.25) is 0 Å². The minimum Gasteiger partial charge on any atom is -0.447 e. The highest BCUT2D eigenvalue weighted by molar-refractivity contribution is 5.94. The quantitative estimate of drug-likeness (QED) is 0.831. The van der Waals surface area contributed by atoms with E-state index in [2.05, 4.69) is 0 Å². The van der Waals surface area contributed by atoms with Crippen molar-refractivity contribution < 1.29 is 19.4 Å². The molecular weight excluding hydrogens is 222 g/mol. The van der Waals surface area contributed by atoms with Crippen molar-refractivity contribution in [2.45, 2.75) is 12.5 Å². The zero-order valence-corrected chi connectivity index (χ0v) is 9.20. The number of ether oxygens (including phenoxy) is 1. The molecule has 0 saturated carbocycles. The Balaban J connectivity index is 2.10. The molecule has 17 heavy (non-hydrogen) atoms. The second kappa shape index (κ2) is 4.97. The SMILES string of the molecule is O=C(CO)N1C(=O)OCC1Cc1ccccc1. The molecule has 1 unspecified atom stereocenters. The smallest absolute Gasteiger partial charge is 0.417 e. The summed E-state index contributed by atoms with van der Waals surface area (Å²) in [7, 11) is 0. The van der Waals surface area contributed by atoms with E-state index in [9.17, 15) is 9.59 Å². The van der Waals surface area contributed by atoms with Crippen molar-refractivity contribution in [2.24, 2.45) is 0 Å². The number of hydrogen-bond acceptors (Lipinski definition) is 4. The van der Waals surface area contributed by atoms with Gasteiger partial charge in [0.1, 0.15) is 13.2 Å². The van der Waals surface area contributed by atoms with Crippen LogP contribution in [-0.2, 0) is 16.0 Å². The zero-order valence-electron chi connectivity index (χ0n) is 9.20. The van der Waals surface area contributed by atoms with Gasteiger partial charge in [0.15, 0.2) is 0 Å². The third kappa shape index (κ3) is 2.45. The number of aliphatic hydroxyl groups excluding tert-OH is 1. The standard InChI is InChI=1S/C12H13NO4/c14-7-11(15)13-10(8-17-12(13)16)6-9-4-2-1-3-5-9/h1-5,10,14H,6-8H2. The molecule has 1 saturated heterocycles. The van der Waals surface area contributed by atoms with Gasteiger partial charge < -0.3 is 9.84 Å². The first-order chi connectivity index (χ1) is 8.22. The highest BCUT2D eigenvalue weighted by Gasteiger charge is 2.37.